The van der Waals surface area contributed by atoms with Gasteiger partial charge in [-0.15, -0.1) is 0 Å². The first kappa shape index (κ1) is 13.0. The molecule has 0 saturated carbocycles. The molecular formula is C12H24N4. The summed E-state index contributed by atoms with van der Waals surface area (Å²) in [5, 5.41) is 7.74. The summed E-state index contributed by atoms with van der Waals surface area (Å²) >= 11 is 0. The van der Waals surface area contributed by atoms with Crippen molar-refractivity contribution in [2.24, 2.45) is 7.05 Å². The van der Waals surface area contributed by atoms with Crippen molar-refractivity contribution in [3.8, 4) is 0 Å². The van der Waals surface area contributed by atoms with E-state index in [1.54, 1.807) is 0 Å². The average molecular weight is 224 g/mol. The van der Waals surface area contributed by atoms with Gasteiger partial charge in [-0.25, -0.2) is 0 Å². The summed E-state index contributed by atoms with van der Waals surface area (Å²) < 4.78 is 2.00. The van der Waals surface area contributed by atoms with E-state index >= 15 is 0 Å². The smallest absolute Gasteiger partial charge is 0.131 e. The maximum absolute atomic E-state index is 4.52. The van der Waals surface area contributed by atoms with Gasteiger partial charge in [0.25, 0.3) is 0 Å². The van der Waals surface area contributed by atoms with Crippen LogP contribution < -0.4 is 10.2 Å². The van der Waals surface area contributed by atoms with Crippen molar-refractivity contribution in [1.82, 2.24) is 15.1 Å². The molecule has 0 atom stereocenters. The van der Waals surface area contributed by atoms with Gasteiger partial charge in [-0.05, 0) is 27.3 Å². The van der Waals surface area contributed by atoms with Crippen LogP contribution in [-0.2, 0) is 13.6 Å². The maximum Gasteiger partial charge on any atom is 0.131 e. The van der Waals surface area contributed by atoms with E-state index in [1.807, 2.05) is 18.8 Å². The molecule has 0 saturated heterocycles. The molecule has 0 aliphatic rings. The molecular weight excluding hydrogens is 200 g/mol. The fourth-order valence-corrected chi connectivity index (χ4v) is 2.15. The van der Waals surface area contributed by atoms with Crippen molar-refractivity contribution < 1.29 is 0 Å². The molecule has 92 valence electrons. The number of rotatable bonds is 6. The first-order valence-electron chi connectivity index (χ1n) is 6.07. The molecule has 0 bridgehead atoms. The lowest BCUT2D eigenvalue weighted by Gasteiger charge is -2.23. The van der Waals surface area contributed by atoms with Crippen molar-refractivity contribution in [3.63, 3.8) is 0 Å². The standard InChI is InChI=1S/C12H24N4/c1-6-8-16(7-2)12-11(9-13-4)10(3)14-15(12)5/h13H,6-9H2,1-5H3. The third kappa shape index (κ3) is 2.55. The Hall–Kier alpha value is -1.03. The SMILES string of the molecule is CCCN(CC)c1c(CNC)c(C)nn1C. The number of hydrogen-bond acceptors (Lipinski definition) is 3. The van der Waals surface area contributed by atoms with E-state index < -0.39 is 0 Å². The molecule has 0 spiro atoms. The maximum atomic E-state index is 4.52. The summed E-state index contributed by atoms with van der Waals surface area (Å²) in [6, 6.07) is 0. The lowest BCUT2D eigenvalue weighted by molar-refractivity contribution is 0.693. The normalized spacial score (nSPS) is 10.8. The van der Waals surface area contributed by atoms with Crippen LogP contribution >= 0.6 is 0 Å². The average Bonchev–Trinajstić information content (AvgIpc) is 2.52. The van der Waals surface area contributed by atoms with E-state index in [0.29, 0.717) is 0 Å². The van der Waals surface area contributed by atoms with Crippen molar-refractivity contribution in [2.45, 2.75) is 33.7 Å². The van der Waals surface area contributed by atoms with Gasteiger partial charge in [0.15, 0.2) is 0 Å². The molecule has 0 amide bonds. The van der Waals surface area contributed by atoms with Crippen molar-refractivity contribution in [1.29, 1.82) is 0 Å². The molecule has 0 aromatic carbocycles. The first-order valence-corrected chi connectivity index (χ1v) is 6.07. The van der Waals surface area contributed by atoms with E-state index in [0.717, 1.165) is 31.7 Å². The highest BCUT2D eigenvalue weighted by Crippen LogP contribution is 2.23. The molecule has 0 radical (unpaired) electrons. The number of nitrogens with one attached hydrogen (secondary N) is 1. The third-order valence-electron chi connectivity index (χ3n) is 2.84. The molecule has 1 rings (SSSR count). The van der Waals surface area contributed by atoms with Gasteiger partial charge in [-0.3, -0.25) is 4.68 Å². The van der Waals surface area contributed by atoms with Gasteiger partial charge in [0.05, 0.1) is 5.69 Å². The minimum atomic E-state index is 0.884. The number of anilines is 1. The molecule has 1 aromatic heterocycles. The minimum Gasteiger partial charge on any atom is -0.357 e. The van der Waals surface area contributed by atoms with Gasteiger partial charge in [-0.1, -0.05) is 6.92 Å². The summed E-state index contributed by atoms with van der Waals surface area (Å²) in [7, 11) is 4.01. The number of nitrogens with zero attached hydrogens (tertiary/aromatic N) is 3. The molecule has 1 aromatic rings. The van der Waals surface area contributed by atoms with Gasteiger partial charge in [0.2, 0.25) is 0 Å². The second-order valence-corrected chi connectivity index (χ2v) is 4.12. The topological polar surface area (TPSA) is 33.1 Å². The van der Waals surface area contributed by atoms with E-state index in [1.165, 1.54) is 11.4 Å². The Morgan fingerprint density at radius 3 is 2.56 bits per heavy atom. The van der Waals surface area contributed by atoms with Crippen molar-refractivity contribution >= 4 is 5.82 Å². The lowest BCUT2D eigenvalue weighted by Crippen LogP contribution is -2.27. The second-order valence-electron chi connectivity index (χ2n) is 4.12. The molecule has 4 heteroatoms. The Bertz CT molecular complexity index is 330. The summed E-state index contributed by atoms with van der Waals surface area (Å²) in [6.07, 6.45) is 1.16. The summed E-state index contributed by atoms with van der Waals surface area (Å²) in [4.78, 5) is 2.40. The van der Waals surface area contributed by atoms with Gasteiger partial charge in [0.1, 0.15) is 5.82 Å². The van der Waals surface area contributed by atoms with Gasteiger partial charge in [0, 0.05) is 32.2 Å². The summed E-state index contributed by atoms with van der Waals surface area (Å²) in [5.74, 6) is 1.26. The fourth-order valence-electron chi connectivity index (χ4n) is 2.15. The molecule has 0 aliphatic carbocycles. The monoisotopic (exact) mass is 224 g/mol. The van der Waals surface area contributed by atoms with E-state index in [9.17, 15) is 0 Å². The van der Waals surface area contributed by atoms with Gasteiger partial charge in [-0.2, -0.15) is 5.10 Å². The van der Waals surface area contributed by atoms with E-state index in [4.69, 9.17) is 0 Å². The Labute approximate surface area is 98.6 Å². The number of aromatic nitrogens is 2. The fraction of sp³-hybridized carbons (Fsp3) is 0.750. The second kappa shape index (κ2) is 5.89. The zero-order valence-electron chi connectivity index (χ0n) is 11.2. The van der Waals surface area contributed by atoms with Crippen LogP contribution in [-0.4, -0.2) is 29.9 Å². The zero-order chi connectivity index (χ0) is 12.1. The van der Waals surface area contributed by atoms with Crippen LogP contribution in [0.2, 0.25) is 0 Å². The van der Waals surface area contributed by atoms with Gasteiger partial charge >= 0.3 is 0 Å². The lowest BCUT2D eigenvalue weighted by atomic mass is 10.2. The highest BCUT2D eigenvalue weighted by Gasteiger charge is 2.16. The van der Waals surface area contributed by atoms with E-state index in [2.05, 4.69) is 36.1 Å². The molecule has 4 nitrogen and oxygen atoms in total. The predicted molar refractivity (Wildman–Crippen MR) is 68.9 cm³/mol. The molecule has 16 heavy (non-hydrogen) atoms. The highest BCUT2D eigenvalue weighted by molar-refractivity contribution is 5.50. The zero-order valence-corrected chi connectivity index (χ0v) is 11.2. The van der Waals surface area contributed by atoms with Crippen molar-refractivity contribution in [3.05, 3.63) is 11.3 Å². The molecule has 0 unspecified atom stereocenters. The van der Waals surface area contributed by atoms with Crippen molar-refractivity contribution in [2.75, 3.05) is 25.0 Å². The molecule has 0 aliphatic heterocycles. The minimum absolute atomic E-state index is 0.884. The first-order chi connectivity index (χ1) is 7.65. The van der Waals surface area contributed by atoms with Crippen LogP contribution in [0.15, 0.2) is 0 Å². The van der Waals surface area contributed by atoms with Gasteiger partial charge < -0.3 is 10.2 Å². The summed E-state index contributed by atoms with van der Waals surface area (Å²) in [6.45, 7) is 9.49. The third-order valence-corrected chi connectivity index (χ3v) is 2.84. The number of hydrogen-bond donors (Lipinski definition) is 1. The van der Waals surface area contributed by atoms with Crippen LogP contribution in [0, 0.1) is 6.92 Å². The Balaban J connectivity index is 3.07. The Morgan fingerprint density at radius 1 is 1.38 bits per heavy atom. The van der Waals surface area contributed by atoms with Crippen LogP contribution in [0.4, 0.5) is 5.82 Å². The van der Waals surface area contributed by atoms with Crippen LogP contribution in [0.25, 0.3) is 0 Å². The number of aryl methyl sites for hydroxylation is 2. The summed E-state index contributed by atoms with van der Waals surface area (Å²) in [5.41, 5.74) is 2.45. The predicted octanol–water partition coefficient (Wildman–Crippen LogP) is 1.68. The molecule has 0 fully saturated rings. The van der Waals surface area contributed by atoms with Crippen LogP contribution in [0.5, 0.6) is 0 Å². The van der Waals surface area contributed by atoms with E-state index in [-0.39, 0.29) is 0 Å². The van der Waals surface area contributed by atoms with Crippen LogP contribution in [0.3, 0.4) is 0 Å². The quantitative estimate of drug-likeness (QED) is 0.798. The Kier molecular flexibility index (Phi) is 4.80. The van der Waals surface area contributed by atoms with Crippen LogP contribution in [0.1, 0.15) is 31.5 Å². The molecule has 1 N–H and O–H groups in total. The highest BCUT2D eigenvalue weighted by atomic mass is 15.4. The molecule has 1 heterocycles. The Morgan fingerprint density at radius 2 is 2.06 bits per heavy atom. The largest absolute Gasteiger partial charge is 0.357 e.